The molecule has 0 unspecified atom stereocenters. The Morgan fingerprint density at radius 2 is 2.00 bits per heavy atom. The van der Waals surface area contributed by atoms with Crippen molar-refractivity contribution in [2.45, 2.75) is 13.0 Å². The van der Waals surface area contributed by atoms with E-state index in [1.165, 1.54) is 12.1 Å². The van der Waals surface area contributed by atoms with Crippen LogP contribution in [0.3, 0.4) is 0 Å². The number of nitrogens with two attached hydrogens (primary N) is 1. The molecule has 0 aliphatic carbocycles. The maximum atomic E-state index is 13.4. The molecule has 0 aliphatic heterocycles. The Labute approximate surface area is 110 Å². The monoisotopic (exact) mass is 255 g/mol. The van der Waals surface area contributed by atoms with Crippen molar-refractivity contribution in [2.24, 2.45) is 5.73 Å². The van der Waals surface area contributed by atoms with Crippen molar-refractivity contribution in [2.75, 3.05) is 0 Å². The average molecular weight is 255 g/mol. The van der Waals surface area contributed by atoms with Crippen LogP contribution in [-0.4, -0.2) is 9.78 Å². The summed E-state index contributed by atoms with van der Waals surface area (Å²) in [5.41, 5.74) is 8.47. The molecule has 0 spiro atoms. The molecule has 1 aromatic heterocycles. The van der Waals surface area contributed by atoms with Crippen LogP contribution in [0.15, 0.2) is 48.7 Å². The van der Waals surface area contributed by atoms with Gasteiger partial charge in [-0.3, -0.25) is 0 Å². The summed E-state index contributed by atoms with van der Waals surface area (Å²) in [6.45, 7) is 1.84. The first-order valence-corrected chi connectivity index (χ1v) is 6.15. The summed E-state index contributed by atoms with van der Waals surface area (Å²) in [5.74, 6) is -0.285. The summed E-state index contributed by atoms with van der Waals surface area (Å²) in [4.78, 5) is 0. The molecule has 0 amide bonds. The molecule has 0 fully saturated rings. The second kappa shape index (κ2) is 4.48. The molecule has 3 rings (SSSR count). The molecule has 0 bridgehead atoms. The second-order valence-corrected chi connectivity index (χ2v) is 4.61. The number of nitrogens with zero attached hydrogens (tertiary/aromatic N) is 2. The zero-order valence-corrected chi connectivity index (χ0v) is 10.5. The fourth-order valence-corrected chi connectivity index (χ4v) is 2.25. The average Bonchev–Trinajstić information content (AvgIpc) is 2.82. The van der Waals surface area contributed by atoms with E-state index in [4.69, 9.17) is 5.73 Å². The normalized spacial score (nSPS) is 12.8. The molecule has 2 N–H and O–H groups in total. The third kappa shape index (κ3) is 2.00. The minimum atomic E-state index is -0.285. The third-order valence-electron chi connectivity index (χ3n) is 3.19. The number of rotatable bonds is 2. The Balaban J connectivity index is 2.27. The van der Waals surface area contributed by atoms with Gasteiger partial charge in [0.25, 0.3) is 0 Å². The Bertz CT molecular complexity index is 731. The van der Waals surface area contributed by atoms with Gasteiger partial charge in [-0.2, -0.15) is 5.10 Å². The van der Waals surface area contributed by atoms with Gasteiger partial charge in [-0.05, 0) is 36.8 Å². The Kier molecular flexibility index (Phi) is 2.80. The van der Waals surface area contributed by atoms with Crippen LogP contribution in [0.25, 0.3) is 16.6 Å². The molecule has 0 saturated carbocycles. The molecular formula is C15H14FN3. The topological polar surface area (TPSA) is 43.8 Å². The van der Waals surface area contributed by atoms with Gasteiger partial charge in [0.1, 0.15) is 5.82 Å². The van der Waals surface area contributed by atoms with Crippen LogP contribution >= 0.6 is 0 Å². The fraction of sp³-hybridized carbons (Fsp3) is 0.133. The number of fused-ring (bicyclic) bond motifs is 1. The quantitative estimate of drug-likeness (QED) is 0.764. The second-order valence-electron chi connectivity index (χ2n) is 4.61. The molecule has 3 nitrogen and oxygen atoms in total. The number of hydrogen-bond acceptors (Lipinski definition) is 2. The first kappa shape index (κ1) is 11.9. The van der Waals surface area contributed by atoms with Gasteiger partial charge in [-0.15, -0.1) is 0 Å². The first-order chi connectivity index (χ1) is 9.16. The molecule has 0 saturated heterocycles. The fourth-order valence-electron chi connectivity index (χ4n) is 2.25. The van der Waals surface area contributed by atoms with Gasteiger partial charge in [-0.1, -0.05) is 18.2 Å². The van der Waals surface area contributed by atoms with Crippen LogP contribution in [-0.2, 0) is 0 Å². The summed E-state index contributed by atoms with van der Waals surface area (Å²) < 4.78 is 15.2. The predicted octanol–water partition coefficient (Wildman–Crippen LogP) is 3.18. The van der Waals surface area contributed by atoms with E-state index in [2.05, 4.69) is 5.10 Å². The van der Waals surface area contributed by atoms with Crippen molar-refractivity contribution in [1.29, 1.82) is 0 Å². The molecule has 96 valence electrons. The Morgan fingerprint density at radius 3 is 2.79 bits per heavy atom. The number of hydrogen-bond donors (Lipinski definition) is 1. The summed E-state index contributed by atoms with van der Waals surface area (Å²) in [6.07, 6.45) is 1.80. The highest BCUT2D eigenvalue weighted by atomic mass is 19.1. The van der Waals surface area contributed by atoms with Crippen LogP contribution in [0.5, 0.6) is 0 Å². The molecular weight excluding hydrogens is 241 g/mol. The van der Waals surface area contributed by atoms with E-state index in [1.54, 1.807) is 16.9 Å². The van der Waals surface area contributed by atoms with Crippen molar-refractivity contribution in [3.05, 3.63) is 60.0 Å². The van der Waals surface area contributed by atoms with E-state index in [0.717, 1.165) is 22.2 Å². The van der Waals surface area contributed by atoms with Crippen molar-refractivity contribution < 1.29 is 4.39 Å². The van der Waals surface area contributed by atoms with E-state index in [-0.39, 0.29) is 11.9 Å². The van der Waals surface area contributed by atoms with Crippen LogP contribution in [0.4, 0.5) is 4.39 Å². The van der Waals surface area contributed by atoms with Crippen molar-refractivity contribution in [3.8, 4) is 5.69 Å². The lowest BCUT2D eigenvalue weighted by Gasteiger charge is -2.13. The predicted molar refractivity (Wildman–Crippen MR) is 73.6 cm³/mol. The summed E-state index contributed by atoms with van der Waals surface area (Å²) in [5, 5.41) is 5.42. The first-order valence-electron chi connectivity index (χ1n) is 6.15. The minimum Gasteiger partial charge on any atom is -0.324 e. The standard InChI is InChI=1S/C15H14FN3/c1-10(17)13-8-12(16)6-7-15(13)19-14-5-3-2-4-11(14)9-18-19/h2-10H,17H2,1H3/t10-/m1/s1. The van der Waals surface area contributed by atoms with Crippen molar-refractivity contribution in [3.63, 3.8) is 0 Å². The SMILES string of the molecule is C[C@@H](N)c1cc(F)ccc1-n1ncc2ccccc21. The molecule has 2 aromatic carbocycles. The highest BCUT2D eigenvalue weighted by molar-refractivity contribution is 5.80. The van der Waals surface area contributed by atoms with Gasteiger partial charge in [0.05, 0.1) is 17.4 Å². The molecule has 0 radical (unpaired) electrons. The van der Waals surface area contributed by atoms with E-state index < -0.39 is 0 Å². The van der Waals surface area contributed by atoms with Gasteiger partial charge in [0.2, 0.25) is 0 Å². The van der Waals surface area contributed by atoms with Crippen LogP contribution in [0.2, 0.25) is 0 Å². The van der Waals surface area contributed by atoms with E-state index in [1.807, 2.05) is 31.2 Å². The molecule has 1 heterocycles. The zero-order chi connectivity index (χ0) is 13.4. The van der Waals surface area contributed by atoms with Crippen LogP contribution in [0, 0.1) is 5.82 Å². The lowest BCUT2D eigenvalue weighted by molar-refractivity contribution is 0.620. The third-order valence-corrected chi connectivity index (χ3v) is 3.19. The summed E-state index contributed by atoms with van der Waals surface area (Å²) in [7, 11) is 0. The lowest BCUT2D eigenvalue weighted by Crippen LogP contribution is -2.11. The summed E-state index contributed by atoms with van der Waals surface area (Å²) in [6, 6.07) is 12.3. The smallest absolute Gasteiger partial charge is 0.123 e. The lowest BCUT2D eigenvalue weighted by atomic mass is 10.1. The highest BCUT2D eigenvalue weighted by Gasteiger charge is 2.12. The molecule has 4 heteroatoms. The molecule has 3 aromatic rings. The summed E-state index contributed by atoms with van der Waals surface area (Å²) >= 11 is 0. The molecule has 1 atom stereocenters. The van der Waals surface area contributed by atoms with Crippen molar-refractivity contribution in [1.82, 2.24) is 9.78 Å². The molecule has 19 heavy (non-hydrogen) atoms. The maximum absolute atomic E-state index is 13.4. The number of halogens is 1. The van der Waals surface area contributed by atoms with Gasteiger partial charge in [0.15, 0.2) is 0 Å². The van der Waals surface area contributed by atoms with E-state index in [0.29, 0.717) is 0 Å². The highest BCUT2D eigenvalue weighted by Crippen LogP contribution is 2.24. The number of benzene rings is 2. The van der Waals surface area contributed by atoms with Gasteiger partial charge in [-0.25, -0.2) is 9.07 Å². The Hall–Kier alpha value is -2.20. The van der Waals surface area contributed by atoms with Gasteiger partial charge < -0.3 is 5.73 Å². The van der Waals surface area contributed by atoms with Gasteiger partial charge in [0, 0.05) is 11.4 Å². The number of aromatic nitrogens is 2. The van der Waals surface area contributed by atoms with Crippen molar-refractivity contribution >= 4 is 10.9 Å². The van der Waals surface area contributed by atoms with Crippen LogP contribution in [0.1, 0.15) is 18.5 Å². The largest absolute Gasteiger partial charge is 0.324 e. The number of para-hydroxylation sites is 1. The van der Waals surface area contributed by atoms with E-state index in [9.17, 15) is 4.39 Å². The zero-order valence-electron chi connectivity index (χ0n) is 10.5. The van der Waals surface area contributed by atoms with Crippen LogP contribution < -0.4 is 5.73 Å². The van der Waals surface area contributed by atoms with Gasteiger partial charge >= 0.3 is 0 Å². The maximum Gasteiger partial charge on any atom is 0.123 e. The molecule has 0 aliphatic rings. The minimum absolute atomic E-state index is 0.256. The Morgan fingerprint density at radius 1 is 1.21 bits per heavy atom. The van der Waals surface area contributed by atoms with E-state index >= 15 is 0 Å².